The van der Waals surface area contributed by atoms with Gasteiger partial charge < -0.3 is 20.3 Å². The summed E-state index contributed by atoms with van der Waals surface area (Å²) < 4.78 is 7.44. The molecular formula is C21H30N6O3. The lowest BCUT2D eigenvalue weighted by molar-refractivity contribution is -0.129. The maximum absolute atomic E-state index is 13.2. The average Bonchev–Trinajstić information content (AvgIpc) is 3.18. The molecule has 2 aromatic heterocycles. The number of rotatable bonds is 5. The third kappa shape index (κ3) is 4.26. The highest BCUT2D eigenvalue weighted by molar-refractivity contribution is 6.06. The van der Waals surface area contributed by atoms with Gasteiger partial charge in [0, 0.05) is 51.4 Å². The molecule has 9 heteroatoms. The van der Waals surface area contributed by atoms with Crippen molar-refractivity contribution < 1.29 is 14.3 Å². The number of nitrogens with zero attached hydrogens (tertiary/aromatic N) is 4. The predicted molar refractivity (Wildman–Crippen MR) is 113 cm³/mol. The first-order valence-electron chi connectivity index (χ1n) is 10.8. The first-order valence-corrected chi connectivity index (χ1v) is 10.8. The number of hydrogen-bond donors (Lipinski definition) is 2. The van der Waals surface area contributed by atoms with Gasteiger partial charge in [0.05, 0.1) is 29.4 Å². The topological polar surface area (TPSA) is 101 Å². The van der Waals surface area contributed by atoms with E-state index >= 15 is 0 Å². The number of carbonyl (C=O) groups is 2. The molecular weight excluding hydrogens is 384 g/mol. The van der Waals surface area contributed by atoms with Crippen LogP contribution in [0.2, 0.25) is 0 Å². The first kappa shape index (κ1) is 20.6. The molecule has 30 heavy (non-hydrogen) atoms. The molecule has 2 aromatic rings. The lowest BCUT2D eigenvalue weighted by atomic mass is 10.0. The molecule has 2 aliphatic rings. The van der Waals surface area contributed by atoms with Crippen LogP contribution in [0.1, 0.15) is 49.9 Å². The summed E-state index contributed by atoms with van der Waals surface area (Å²) in [5.74, 6) is -0.0577. The summed E-state index contributed by atoms with van der Waals surface area (Å²) in [7, 11) is 0. The van der Waals surface area contributed by atoms with Gasteiger partial charge in [0.2, 0.25) is 5.91 Å². The summed E-state index contributed by atoms with van der Waals surface area (Å²) in [6.45, 7) is 7.06. The van der Waals surface area contributed by atoms with Gasteiger partial charge in [0.25, 0.3) is 5.91 Å². The molecule has 4 heterocycles. The van der Waals surface area contributed by atoms with Crippen molar-refractivity contribution in [2.24, 2.45) is 0 Å². The normalized spacial score (nSPS) is 20.3. The van der Waals surface area contributed by atoms with Gasteiger partial charge in [-0.3, -0.25) is 9.59 Å². The van der Waals surface area contributed by atoms with E-state index in [2.05, 4.69) is 20.7 Å². The van der Waals surface area contributed by atoms with Crippen molar-refractivity contribution in [3.8, 4) is 0 Å². The molecule has 162 valence electrons. The van der Waals surface area contributed by atoms with Gasteiger partial charge in [-0.1, -0.05) is 0 Å². The van der Waals surface area contributed by atoms with E-state index in [1.54, 1.807) is 19.3 Å². The number of likely N-dealkylation sites (tertiary alicyclic amines) is 1. The zero-order chi connectivity index (χ0) is 21.1. The second-order valence-corrected chi connectivity index (χ2v) is 8.06. The molecule has 0 saturated carbocycles. The van der Waals surface area contributed by atoms with E-state index < -0.39 is 0 Å². The van der Waals surface area contributed by atoms with E-state index in [1.807, 2.05) is 16.5 Å². The molecule has 2 fully saturated rings. The molecule has 0 aliphatic carbocycles. The van der Waals surface area contributed by atoms with E-state index in [0.29, 0.717) is 31.8 Å². The van der Waals surface area contributed by atoms with Crippen molar-refractivity contribution >= 4 is 28.5 Å². The summed E-state index contributed by atoms with van der Waals surface area (Å²) in [6, 6.07) is 0.202. The molecule has 2 N–H and O–H groups in total. The van der Waals surface area contributed by atoms with Crippen LogP contribution in [0, 0.1) is 0 Å². The van der Waals surface area contributed by atoms with Crippen LogP contribution in [0.4, 0.5) is 5.69 Å². The van der Waals surface area contributed by atoms with Crippen LogP contribution in [0.3, 0.4) is 0 Å². The zero-order valence-electron chi connectivity index (χ0n) is 17.7. The second-order valence-electron chi connectivity index (χ2n) is 8.06. The van der Waals surface area contributed by atoms with Crippen molar-refractivity contribution in [3.63, 3.8) is 0 Å². The average molecular weight is 415 g/mol. The fraction of sp³-hybridized carbons (Fsp3) is 0.619. The molecule has 2 saturated heterocycles. The fourth-order valence-corrected chi connectivity index (χ4v) is 4.25. The number of amides is 2. The first-order chi connectivity index (χ1) is 14.6. The third-order valence-corrected chi connectivity index (χ3v) is 5.99. The Morgan fingerprint density at radius 2 is 2.00 bits per heavy atom. The summed E-state index contributed by atoms with van der Waals surface area (Å²) in [5, 5.41) is 12.0. The molecule has 0 spiro atoms. The molecule has 4 rings (SSSR count). The van der Waals surface area contributed by atoms with E-state index in [-0.39, 0.29) is 23.9 Å². The third-order valence-electron chi connectivity index (χ3n) is 5.99. The lowest BCUT2D eigenvalue weighted by Crippen LogP contribution is -2.46. The van der Waals surface area contributed by atoms with E-state index in [4.69, 9.17) is 4.74 Å². The highest BCUT2D eigenvalue weighted by atomic mass is 16.5. The molecule has 9 nitrogen and oxygen atoms in total. The van der Waals surface area contributed by atoms with Crippen molar-refractivity contribution in [1.29, 1.82) is 0 Å². The minimum atomic E-state index is -0.144. The molecule has 0 aromatic carbocycles. The smallest absolute Gasteiger partial charge is 0.255 e. The SMILES string of the molecule is CCn1ncc2c(NC3CCCOC3)c(C(=O)NC3CCN(C(C)=O)CC3)cnc21. The van der Waals surface area contributed by atoms with Crippen LogP contribution in [0.25, 0.3) is 11.0 Å². The highest BCUT2D eigenvalue weighted by Crippen LogP contribution is 2.28. The van der Waals surface area contributed by atoms with Gasteiger partial charge in [0.1, 0.15) is 0 Å². The van der Waals surface area contributed by atoms with Crippen molar-refractivity contribution in [2.75, 3.05) is 31.6 Å². The number of hydrogen-bond acceptors (Lipinski definition) is 6. The fourth-order valence-electron chi connectivity index (χ4n) is 4.25. The number of anilines is 1. The highest BCUT2D eigenvalue weighted by Gasteiger charge is 2.26. The molecule has 0 bridgehead atoms. The Labute approximate surface area is 176 Å². The van der Waals surface area contributed by atoms with Crippen LogP contribution in [-0.2, 0) is 16.1 Å². The number of aromatic nitrogens is 3. The van der Waals surface area contributed by atoms with Gasteiger partial charge in [-0.2, -0.15) is 5.10 Å². The Morgan fingerprint density at radius 3 is 2.67 bits per heavy atom. The Bertz CT molecular complexity index is 913. The van der Waals surface area contributed by atoms with Crippen LogP contribution < -0.4 is 10.6 Å². The number of pyridine rings is 1. The number of fused-ring (bicyclic) bond motifs is 1. The van der Waals surface area contributed by atoms with Crippen LogP contribution in [0.5, 0.6) is 0 Å². The van der Waals surface area contributed by atoms with Gasteiger partial charge in [-0.05, 0) is 32.6 Å². The Balaban J connectivity index is 1.56. The quantitative estimate of drug-likeness (QED) is 0.773. The lowest BCUT2D eigenvalue weighted by Gasteiger charge is -2.32. The number of ether oxygens (including phenoxy) is 1. The van der Waals surface area contributed by atoms with Crippen molar-refractivity contribution in [3.05, 3.63) is 18.0 Å². The number of piperidine rings is 1. The van der Waals surface area contributed by atoms with E-state index in [0.717, 1.165) is 49.0 Å². The summed E-state index contributed by atoms with van der Waals surface area (Å²) in [6.07, 6.45) is 6.93. The number of nitrogens with one attached hydrogen (secondary N) is 2. The molecule has 2 amide bonds. The van der Waals surface area contributed by atoms with Gasteiger partial charge in [-0.25, -0.2) is 9.67 Å². The molecule has 0 radical (unpaired) electrons. The Morgan fingerprint density at radius 1 is 1.20 bits per heavy atom. The predicted octanol–water partition coefficient (Wildman–Crippen LogP) is 1.78. The van der Waals surface area contributed by atoms with Crippen LogP contribution in [0.15, 0.2) is 12.4 Å². The number of aryl methyl sites for hydroxylation is 1. The standard InChI is InChI=1S/C21H30N6O3/c1-3-27-20-17(12-23-27)19(24-16-5-4-10-30-13-16)18(11-22-20)21(29)25-15-6-8-26(9-7-15)14(2)28/h11-12,15-16H,3-10,13H2,1-2H3,(H,22,24)(H,25,29). The second kappa shape index (κ2) is 8.99. The summed E-state index contributed by atoms with van der Waals surface area (Å²) in [5.41, 5.74) is 2.06. The number of carbonyl (C=O) groups excluding carboxylic acids is 2. The van der Waals surface area contributed by atoms with E-state index in [9.17, 15) is 9.59 Å². The zero-order valence-corrected chi connectivity index (χ0v) is 17.7. The van der Waals surface area contributed by atoms with E-state index in [1.165, 1.54) is 0 Å². The van der Waals surface area contributed by atoms with Crippen LogP contribution >= 0.6 is 0 Å². The minimum absolute atomic E-state index is 0.0491. The van der Waals surface area contributed by atoms with Gasteiger partial charge in [0.15, 0.2) is 5.65 Å². The summed E-state index contributed by atoms with van der Waals surface area (Å²) in [4.78, 5) is 31.1. The Kier molecular flexibility index (Phi) is 6.17. The Hall–Kier alpha value is -2.68. The molecule has 1 unspecified atom stereocenters. The minimum Gasteiger partial charge on any atom is -0.379 e. The van der Waals surface area contributed by atoms with Crippen molar-refractivity contribution in [2.45, 2.75) is 58.2 Å². The maximum Gasteiger partial charge on any atom is 0.255 e. The van der Waals surface area contributed by atoms with Gasteiger partial charge in [-0.15, -0.1) is 0 Å². The van der Waals surface area contributed by atoms with Crippen molar-refractivity contribution in [1.82, 2.24) is 25.0 Å². The largest absolute Gasteiger partial charge is 0.379 e. The van der Waals surface area contributed by atoms with Gasteiger partial charge >= 0.3 is 0 Å². The van der Waals surface area contributed by atoms with Crippen LogP contribution in [-0.4, -0.2) is 69.9 Å². The monoisotopic (exact) mass is 414 g/mol. The maximum atomic E-state index is 13.2. The molecule has 1 atom stereocenters. The summed E-state index contributed by atoms with van der Waals surface area (Å²) >= 11 is 0. The molecule has 2 aliphatic heterocycles.